The second-order valence-corrected chi connectivity index (χ2v) is 4.95. The molecule has 0 aliphatic carbocycles. The Morgan fingerprint density at radius 3 is 2.89 bits per heavy atom. The van der Waals surface area contributed by atoms with Gasteiger partial charge in [0.15, 0.2) is 18.4 Å². The van der Waals surface area contributed by atoms with Gasteiger partial charge in [-0.15, -0.1) is 6.58 Å². The predicted molar refractivity (Wildman–Crippen MR) is 78.3 cm³/mol. The molecule has 1 aliphatic rings. The van der Waals surface area contributed by atoms with Gasteiger partial charge in [0.25, 0.3) is 0 Å². The minimum absolute atomic E-state index is 0.820. The monoisotopic (exact) mass is 262 g/mol. The first-order valence-corrected chi connectivity index (χ1v) is 6.71. The Morgan fingerprint density at radius 1 is 1.39 bits per heavy atom. The molecule has 0 radical (unpaired) electrons. The van der Waals surface area contributed by atoms with E-state index < -0.39 is 0 Å². The smallest absolute Gasteiger partial charge is 0.177 e. The lowest BCUT2D eigenvalue weighted by molar-refractivity contribution is -0.913. The third-order valence-electron chi connectivity index (χ3n) is 3.15. The first-order chi connectivity index (χ1) is 8.79. The zero-order chi connectivity index (χ0) is 12.8. The fourth-order valence-electron chi connectivity index (χ4n) is 2.15. The molecule has 0 spiro atoms. The van der Waals surface area contributed by atoms with Crippen LogP contribution in [0.2, 0.25) is 0 Å². The van der Waals surface area contributed by atoms with Crippen molar-refractivity contribution in [3.63, 3.8) is 0 Å². The SMILES string of the molecule is C=CCN1C[NH+](CCc2ccccc2)CNC1=S. The summed E-state index contributed by atoms with van der Waals surface area (Å²) < 4.78 is 0. The summed E-state index contributed by atoms with van der Waals surface area (Å²) in [5.41, 5.74) is 1.40. The first kappa shape index (κ1) is 13.1. The average Bonchev–Trinajstić information content (AvgIpc) is 2.41. The van der Waals surface area contributed by atoms with Gasteiger partial charge in [-0.2, -0.15) is 0 Å². The Balaban J connectivity index is 1.83. The van der Waals surface area contributed by atoms with Crippen molar-refractivity contribution in [2.24, 2.45) is 0 Å². The summed E-state index contributed by atoms with van der Waals surface area (Å²) in [5.74, 6) is 0. The zero-order valence-corrected chi connectivity index (χ0v) is 11.4. The van der Waals surface area contributed by atoms with Gasteiger partial charge >= 0.3 is 0 Å². The van der Waals surface area contributed by atoms with Crippen molar-refractivity contribution in [1.29, 1.82) is 0 Å². The van der Waals surface area contributed by atoms with Crippen LogP contribution in [0.3, 0.4) is 0 Å². The van der Waals surface area contributed by atoms with E-state index >= 15 is 0 Å². The molecule has 1 aliphatic heterocycles. The van der Waals surface area contributed by atoms with E-state index in [0.717, 1.165) is 38.0 Å². The van der Waals surface area contributed by atoms with Gasteiger partial charge in [-0.05, 0) is 17.8 Å². The van der Waals surface area contributed by atoms with Crippen LogP contribution in [-0.4, -0.2) is 36.4 Å². The fourth-order valence-corrected chi connectivity index (χ4v) is 2.36. The third kappa shape index (κ3) is 3.55. The molecule has 1 heterocycles. The molecule has 96 valence electrons. The number of benzene rings is 1. The standard InChI is InChI=1S/C14H19N3S/c1-2-9-17-12-16(11-15-14(17)18)10-8-13-6-4-3-5-7-13/h2-7H,1,8-12H2,(H,15,18)/p+1. The Hall–Kier alpha value is -1.39. The molecule has 1 unspecified atom stereocenters. The summed E-state index contributed by atoms with van der Waals surface area (Å²) in [5, 5.41) is 4.12. The van der Waals surface area contributed by atoms with E-state index in [9.17, 15) is 0 Å². The Morgan fingerprint density at radius 2 is 2.17 bits per heavy atom. The van der Waals surface area contributed by atoms with Gasteiger partial charge in [0.2, 0.25) is 0 Å². The number of rotatable bonds is 5. The molecule has 3 nitrogen and oxygen atoms in total. The van der Waals surface area contributed by atoms with E-state index in [4.69, 9.17) is 12.2 Å². The van der Waals surface area contributed by atoms with Gasteiger partial charge in [-0.1, -0.05) is 36.4 Å². The molecular formula is C14H20N3S+. The van der Waals surface area contributed by atoms with Crippen LogP contribution in [0.5, 0.6) is 0 Å². The highest BCUT2D eigenvalue weighted by Crippen LogP contribution is 1.97. The van der Waals surface area contributed by atoms with Crippen molar-refractivity contribution in [3.8, 4) is 0 Å². The largest absolute Gasteiger partial charge is 0.316 e. The molecule has 1 saturated heterocycles. The van der Waals surface area contributed by atoms with Crippen molar-refractivity contribution in [3.05, 3.63) is 48.6 Å². The number of nitrogens with zero attached hydrogens (tertiary/aromatic N) is 1. The second-order valence-electron chi connectivity index (χ2n) is 4.56. The lowest BCUT2D eigenvalue weighted by Crippen LogP contribution is -3.17. The quantitative estimate of drug-likeness (QED) is 0.592. The molecule has 1 aromatic carbocycles. The maximum Gasteiger partial charge on any atom is 0.177 e. The van der Waals surface area contributed by atoms with Gasteiger partial charge in [-0.3, -0.25) is 4.90 Å². The average molecular weight is 262 g/mol. The van der Waals surface area contributed by atoms with E-state index in [0.29, 0.717) is 0 Å². The molecule has 1 atom stereocenters. The van der Waals surface area contributed by atoms with Crippen LogP contribution in [0.25, 0.3) is 0 Å². The lowest BCUT2D eigenvalue weighted by atomic mass is 10.1. The maximum atomic E-state index is 5.28. The molecule has 0 saturated carbocycles. The molecule has 1 fully saturated rings. The van der Waals surface area contributed by atoms with Gasteiger partial charge in [0.05, 0.1) is 6.54 Å². The van der Waals surface area contributed by atoms with Crippen LogP contribution in [-0.2, 0) is 6.42 Å². The van der Waals surface area contributed by atoms with Gasteiger partial charge in [0, 0.05) is 13.0 Å². The number of quaternary nitrogens is 1. The summed E-state index contributed by atoms with van der Waals surface area (Å²) in [6, 6.07) is 10.6. The molecule has 0 aromatic heterocycles. The van der Waals surface area contributed by atoms with E-state index in [1.165, 1.54) is 10.5 Å². The Kier molecular flexibility index (Phi) is 4.73. The van der Waals surface area contributed by atoms with Crippen LogP contribution in [0.15, 0.2) is 43.0 Å². The first-order valence-electron chi connectivity index (χ1n) is 6.31. The second kappa shape index (κ2) is 6.52. The number of nitrogens with one attached hydrogen (secondary N) is 2. The van der Waals surface area contributed by atoms with Crippen molar-refractivity contribution < 1.29 is 4.90 Å². The maximum absolute atomic E-state index is 5.28. The molecule has 2 N–H and O–H groups in total. The van der Waals surface area contributed by atoms with Crippen molar-refractivity contribution in [2.45, 2.75) is 6.42 Å². The van der Waals surface area contributed by atoms with Gasteiger partial charge in [-0.25, -0.2) is 0 Å². The molecular weight excluding hydrogens is 242 g/mol. The molecule has 1 aromatic rings. The highest BCUT2D eigenvalue weighted by Gasteiger charge is 2.21. The minimum atomic E-state index is 0.820. The normalized spacial score (nSPS) is 19.4. The van der Waals surface area contributed by atoms with Crippen molar-refractivity contribution in [2.75, 3.05) is 26.4 Å². The van der Waals surface area contributed by atoms with Crippen LogP contribution in [0.4, 0.5) is 0 Å². The number of hydrogen-bond acceptors (Lipinski definition) is 1. The third-order valence-corrected chi connectivity index (χ3v) is 3.55. The molecule has 18 heavy (non-hydrogen) atoms. The van der Waals surface area contributed by atoms with Crippen LogP contribution < -0.4 is 10.2 Å². The highest BCUT2D eigenvalue weighted by atomic mass is 32.1. The minimum Gasteiger partial charge on any atom is -0.316 e. The van der Waals surface area contributed by atoms with E-state index in [1.807, 2.05) is 6.08 Å². The van der Waals surface area contributed by atoms with Gasteiger partial charge in [0.1, 0.15) is 0 Å². The summed E-state index contributed by atoms with van der Waals surface area (Å²) >= 11 is 5.28. The van der Waals surface area contributed by atoms with Crippen LogP contribution in [0, 0.1) is 0 Å². The molecule has 4 heteroatoms. The zero-order valence-electron chi connectivity index (χ0n) is 10.6. The molecule has 0 amide bonds. The van der Waals surface area contributed by atoms with E-state index in [1.54, 1.807) is 0 Å². The lowest BCUT2D eigenvalue weighted by Gasteiger charge is -2.34. The molecule has 0 bridgehead atoms. The fraction of sp³-hybridized carbons (Fsp3) is 0.357. The van der Waals surface area contributed by atoms with Crippen molar-refractivity contribution in [1.82, 2.24) is 10.2 Å². The summed E-state index contributed by atoms with van der Waals surface area (Å²) in [4.78, 5) is 3.67. The van der Waals surface area contributed by atoms with E-state index in [-0.39, 0.29) is 0 Å². The topological polar surface area (TPSA) is 19.7 Å². The Labute approximate surface area is 114 Å². The summed E-state index contributed by atoms with van der Waals surface area (Å²) in [7, 11) is 0. The van der Waals surface area contributed by atoms with Crippen LogP contribution in [0.1, 0.15) is 5.56 Å². The van der Waals surface area contributed by atoms with Gasteiger partial charge < -0.3 is 10.2 Å². The highest BCUT2D eigenvalue weighted by molar-refractivity contribution is 7.80. The van der Waals surface area contributed by atoms with Crippen molar-refractivity contribution >= 4 is 17.3 Å². The summed E-state index contributed by atoms with van der Waals surface area (Å²) in [6.45, 7) is 7.59. The summed E-state index contributed by atoms with van der Waals surface area (Å²) in [6.07, 6.45) is 3.00. The Bertz CT molecular complexity index is 405. The van der Waals surface area contributed by atoms with Crippen LogP contribution >= 0.6 is 12.2 Å². The van der Waals surface area contributed by atoms with E-state index in [2.05, 4.69) is 47.1 Å². The number of hydrogen-bond donors (Lipinski definition) is 2. The number of thiocarbonyl (C=S) groups is 1. The predicted octanol–water partition coefficient (Wildman–Crippen LogP) is 0.405. The molecule has 2 rings (SSSR count).